The lowest BCUT2D eigenvalue weighted by molar-refractivity contribution is -0.438. The van der Waals surface area contributed by atoms with Crippen LogP contribution < -0.4 is 0 Å². The maximum atomic E-state index is 14.5. The van der Waals surface area contributed by atoms with Crippen molar-refractivity contribution in [2.24, 2.45) is 35.5 Å². The van der Waals surface area contributed by atoms with E-state index in [2.05, 4.69) is 13.5 Å². The van der Waals surface area contributed by atoms with Gasteiger partial charge in [-0.25, -0.2) is 4.79 Å². The standard InChI is InChI=1S/C37H48O10/c1-20(2)33-17-24(18-43-31(40)23-14-10-8-11-15-23)37-26-29(33)45-35(46-33,47-37)16-12-7-5-6-9-13-21(3)25-22(4)28(39)36(42,27(25)37)32(41)34(19-38)30(26)44-34/h8,10-11,14-15,21-22,24-27,29-30,32,38,41-42H,1,5-7,9,12-13,16-19H2,2-4H3/t21-,22-,24-,25-,26?,27+,29?,30-,32+,33+,34-,35?,36+,37+/m0/s1. The van der Waals surface area contributed by atoms with Crippen molar-refractivity contribution < 1.29 is 48.6 Å². The first-order valence-electron chi connectivity index (χ1n) is 17.6. The molecule has 3 unspecified atom stereocenters. The van der Waals surface area contributed by atoms with E-state index < -0.39 is 88.7 Å². The molecule has 3 aliphatic carbocycles. The second-order valence-electron chi connectivity index (χ2n) is 15.7. The fourth-order valence-corrected chi connectivity index (χ4v) is 11.2. The number of carbonyl (C=O) groups is 2. The summed E-state index contributed by atoms with van der Waals surface area (Å²) in [6, 6.07) is 8.77. The van der Waals surface area contributed by atoms with Gasteiger partial charge in [0.15, 0.2) is 11.4 Å². The van der Waals surface area contributed by atoms with Crippen molar-refractivity contribution in [3.63, 3.8) is 0 Å². The predicted octanol–water partition coefficient (Wildman–Crippen LogP) is 3.70. The number of hydrogen-bond acceptors (Lipinski definition) is 10. The molecule has 8 rings (SSSR count). The van der Waals surface area contributed by atoms with Crippen molar-refractivity contribution >= 4 is 11.8 Å². The van der Waals surface area contributed by atoms with Gasteiger partial charge in [-0.2, -0.15) is 0 Å². The third kappa shape index (κ3) is 4.03. The van der Waals surface area contributed by atoms with Crippen LogP contribution in [-0.2, 0) is 28.5 Å². The molecule has 3 bridgehead atoms. The average Bonchev–Trinajstić information content (AvgIpc) is 3.70. The van der Waals surface area contributed by atoms with E-state index in [9.17, 15) is 24.9 Å². The summed E-state index contributed by atoms with van der Waals surface area (Å²) in [5, 5.41) is 36.0. The number of epoxide rings is 1. The monoisotopic (exact) mass is 652 g/mol. The zero-order valence-electron chi connectivity index (χ0n) is 27.6. The molecule has 4 saturated heterocycles. The molecule has 14 atom stereocenters. The summed E-state index contributed by atoms with van der Waals surface area (Å²) in [4.78, 5) is 28.0. The maximum absolute atomic E-state index is 14.5. The molecule has 7 aliphatic rings. The Bertz CT molecular complexity index is 1470. The highest BCUT2D eigenvalue weighted by Gasteiger charge is 2.90. The van der Waals surface area contributed by atoms with Crippen LogP contribution in [-0.4, -0.2) is 87.0 Å². The molecule has 0 aromatic heterocycles. The number of rotatable bonds is 5. The van der Waals surface area contributed by atoms with Gasteiger partial charge in [-0.15, -0.1) is 0 Å². The van der Waals surface area contributed by atoms with Gasteiger partial charge in [-0.3, -0.25) is 4.79 Å². The van der Waals surface area contributed by atoms with Gasteiger partial charge in [0.05, 0.1) is 24.4 Å². The van der Waals surface area contributed by atoms with Crippen molar-refractivity contribution in [1.29, 1.82) is 0 Å². The number of benzene rings is 1. The Morgan fingerprint density at radius 1 is 1.04 bits per heavy atom. The van der Waals surface area contributed by atoms with E-state index in [0.29, 0.717) is 18.4 Å². The van der Waals surface area contributed by atoms with Gasteiger partial charge in [0, 0.05) is 30.1 Å². The molecule has 3 N–H and O–H groups in total. The highest BCUT2D eigenvalue weighted by atomic mass is 16.9. The van der Waals surface area contributed by atoms with Crippen LogP contribution >= 0.6 is 0 Å². The van der Waals surface area contributed by atoms with Crippen LogP contribution in [0.2, 0.25) is 0 Å². The lowest BCUT2D eigenvalue weighted by Crippen LogP contribution is -2.74. The first-order chi connectivity index (χ1) is 22.4. The number of hydrogen-bond donors (Lipinski definition) is 3. The van der Waals surface area contributed by atoms with Crippen molar-refractivity contribution in [2.75, 3.05) is 13.2 Å². The normalized spacial score (nSPS) is 51.2. The summed E-state index contributed by atoms with van der Waals surface area (Å²) in [7, 11) is 0. The van der Waals surface area contributed by atoms with Gasteiger partial charge < -0.3 is 39.0 Å². The fourth-order valence-electron chi connectivity index (χ4n) is 11.2. The van der Waals surface area contributed by atoms with E-state index in [1.54, 1.807) is 24.3 Å². The van der Waals surface area contributed by atoms with Gasteiger partial charge in [-0.1, -0.05) is 70.7 Å². The molecule has 4 aliphatic heterocycles. The van der Waals surface area contributed by atoms with Crippen LogP contribution in [0.3, 0.4) is 0 Å². The minimum Gasteiger partial charge on any atom is -0.462 e. The van der Waals surface area contributed by atoms with Gasteiger partial charge in [0.2, 0.25) is 0 Å². The highest BCUT2D eigenvalue weighted by molar-refractivity contribution is 5.94. The molecule has 2 spiro atoms. The second kappa shape index (κ2) is 10.7. The minimum absolute atomic E-state index is 0.00214. The molecule has 3 saturated carbocycles. The largest absolute Gasteiger partial charge is 0.462 e. The molecular formula is C37H48O10. The summed E-state index contributed by atoms with van der Waals surface area (Å²) in [5.74, 6) is -5.64. The molecule has 0 radical (unpaired) electrons. The van der Waals surface area contributed by atoms with Gasteiger partial charge in [0.1, 0.15) is 29.5 Å². The number of carbonyl (C=O) groups excluding carboxylic acids is 2. The number of Topliss-reactive ketones (excluding diaryl/α,β-unsaturated/α-hetero) is 1. The zero-order valence-corrected chi connectivity index (χ0v) is 27.6. The van der Waals surface area contributed by atoms with Gasteiger partial charge in [-0.05, 0) is 49.3 Å². The van der Waals surface area contributed by atoms with Crippen LogP contribution in [0, 0.1) is 35.5 Å². The first kappa shape index (κ1) is 32.0. The van der Waals surface area contributed by atoms with Crippen molar-refractivity contribution in [3.8, 4) is 0 Å². The SMILES string of the molecule is C=C(C)[C@]12C[C@@H](COC(=O)c3ccccc3)[C@@]34OC5(CCCCCCC[C@H](C)[C@H]6[C@H](C)C(=O)[C@@](O)([C@H](O)[C@@]7(CO)O[C@H]7C3C1O5)[C@@H]64)O2. The molecular weight excluding hydrogens is 604 g/mol. The Kier molecular flexibility index (Phi) is 7.27. The van der Waals surface area contributed by atoms with Crippen molar-refractivity contribution in [3.05, 3.63) is 48.0 Å². The summed E-state index contributed by atoms with van der Waals surface area (Å²) < 4.78 is 33.7. The molecule has 7 fully saturated rings. The average molecular weight is 653 g/mol. The van der Waals surface area contributed by atoms with E-state index in [-0.39, 0.29) is 18.4 Å². The quantitative estimate of drug-likeness (QED) is 0.245. The number of ketones is 1. The van der Waals surface area contributed by atoms with Crippen molar-refractivity contribution in [1.82, 2.24) is 0 Å². The predicted molar refractivity (Wildman–Crippen MR) is 167 cm³/mol. The van der Waals surface area contributed by atoms with E-state index >= 15 is 0 Å². The molecule has 0 amide bonds. The molecule has 1 aromatic carbocycles. The fraction of sp³-hybridized carbons (Fsp3) is 0.730. The lowest BCUT2D eigenvalue weighted by Gasteiger charge is -2.61. The van der Waals surface area contributed by atoms with E-state index in [1.165, 1.54) is 0 Å². The molecule has 10 heteroatoms. The van der Waals surface area contributed by atoms with E-state index in [0.717, 1.165) is 44.1 Å². The number of fused-ring (bicyclic) bond motifs is 1. The van der Waals surface area contributed by atoms with E-state index in [4.69, 9.17) is 23.7 Å². The molecule has 256 valence electrons. The number of esters is 1. The first-order valence-corrected chi connectivity index (χ1v) is 17.6. The lowest BCUT2D eigenvalue weighted by atomic mass is 9.51. The van der Waals surface area contributed by atoms with Crippen LogP contribution in [0.25, 0.3) is 0 Å². The summed E-state index contributed by atoms with van der Waals surface area (Å²) in [6.45, 7) is 9.56. The highest BCUT2D eigenvalue weighted by Crippen LogP contribution is 2.75. The summed E-state index contributed by atoms with van der Waals surface area (Å²) in [5.41, 5.74) is -5.20. The smallest absolute Gasteiger partial charge is 0.338 e. The number of ether oxygens (including phenoxy) is 5. The Morgan fingerprint density at radius 3 is 2.49 bits per heavy atom. The van der Waals surface area contributed by atoms with Crippen LogP contribution in [0.15, 0.2) is 42.5 Å². The molecule has 10 nitrogen and oxygen atoms in total. The third-order valence-corrected chi connectivity index (χ3v) is 13.4. The summed E-state index contributed by atoms with van der Waals surface area (Å²) >= 11 is 0. The minimum atomic E-state index is -2.30. The Labute approximate surface area is 275 Å². The Balaban J connectivity index is 1.36. The van der Waals surface area contributed by atoms with E-state index in [1.807, 2.05) is 19.9 Å². The maximum Gasteiger partial charge on any atom is 0.338 e. The molecule has 47 heavy (non-hydrogen) atoms. The second-order valence-corrected chi connectivity index (χ2v) is 15.7. The molecule has 4 heterocycles. The molecule has 1 aromatic rings. The van der Waals surface area contributed by atoms with Gasteiger partial charge >= 0.3 is 5.97 Å². The zero-order chi connectivity index (χ0) is 33.1. The summed E-state index contributed by atoms with van der Waals surface area (Å²) in [6.07, 6.45) is 3.21. The van der Waals surface area contributed by atoms with Gasteiger partial charge in [0.25, 0.3) is 5.97 Å². The van der Waals surface area contributed by atoms with Crippen LogP contribution in [0.4, 0.5) is 0 Å². The van der Waals surface area contributed by atoms with Crippen LogP contribution in [0.5, 0.6) is 0 Å². The Morgan fingerprint density at radius 2 is 1.77 bits per heavy atom. The topological polar surface area (TPSA) is 144 Å². The van der Waals surface area contributed by atoms with Crippen molar-refractivity contribution in [2.45, 2.75) is 119 Å². The number of aliphatic hydroxyl groups excluding tert-OH is 2. The Hall–Kier alpha value is -2.18. The number of aliphatic hydroxyl groups is 3. The third-order valence-electron chi connectivity index (χ3n) is 13.4. The van der Waals surface area contributed by atoms with Crippen LogP contribution in [0.1, 0.15) is 82.5 Å².